The predicted octanol–water partition coefficient (Wildman–Crippen LogP) is 3.22. The zero-order chi connectivity index (χ0) is 19.2. The van der Waals surface area contributed by atoms with Gasteiger partial charge in [-0.3, -0.25) is 9.69 Å². The van der Waals surface area contributed by atoms with E-state index in [0.29, 0.717) is 13.0 Å². The van der Waals surface area contributed by atoms with Crippen LogP contribution >= 0.6 is 0 Å². The maximum absolute atomic E-state index is 13.4. The summed E-state index contributed by atoms with van der Waals surface area (Å²) in [7, 11) is 0. The van der Waals surface area contributed by atoms with Gasteiger partial charge in [-0.15, -0.1) is 0 Å². The van der Waals surface area contributed by atoms with E-state index in [1.54, 1.807) is 6.07 Å². The second kappa shape index (κ2) is 5.03. The van der Waals surface area contributed by atoms with Crippen LogP contribution in [0, 0.1) is 23.2 Å². The number of hydrogen-bond acceptors (Lipinski definition) is 4. The highest BCUT2D eigenvalue weighted by Gasteiger charge is 2.75. The molecule has 4 aliphatic rings. The Bertz CT molecular complexity index is 891. The summed E-state index contributed by atoms with van der Waals surface area (Å²) in [6.07, 6.45) is -3.01. The van der Waals surface area contributed by atoms with Gasteiger partial charge in [-0.25, -0.2) is 0 Å². The molecule has 4 saturated heterocycles. The van der Waals surface area contributed by atoms with Crippen LogP contribution in [-0.4, -0.2) is 29.9 Å². The molecule has 8 heteroatoms. The van der Waals surface area contributed by atoms with Gasteiger partial charge in [0.2, 0.25) is 5.91 Å². The van der Waals surface area contributed by atoms with Gasteiger partial charge < -0.3 is 9.47 Å². The number of halogens is 3. The number of carbonyl (C=O) groups is 1. The summed E-state index contributed by atoms with van der Waals surface area (Å²) in [6, 6.07) is 4.96. The zero-order valence-electron chi connectivity index (χ0n) is 14.5. The molecule has 1 amide bonds. The SMILES string of the molecule is CC12CCC3(CCOC4C3C1C(=O)N4c1ccc(C#N)c(C(F)(F)F)c1)O2. The lowest BCUT2D eigenvalue weighted by molar-refractivity contribution is -0.140. The molecule has 0 aromatic heterocycles. The Morgan fingerprint density at radius 2 is 2.07 bits per heavy atom. The monoisotopic (exact) mass is 378 g/mol. The van der Waals surface area contributed by atoms with Crippen LogP contribution in [0.4, 0.5) is 18.9 Å². The fourth-order valence-electron chi connectivity index (χ4n) is 5.60. The maximum Gasteiger partial charge on any atom is 0.417 e. The van der Waals surface area contributed by atoms with E-state index in [4.69, 9.17) is 14.7 Å². The van der Waals surface area contributed by atoms with Crippen molar-refractivity contribution < 1.29 is 27.4 Å². The van der Waals surface area contributed by atoms with Gasteiger partial charge in [0.25, 0.3) is 0 Å². The van der Waals surface area contributed by atoms with Crippen LogP contribution in [0.25, 0.3) is 0 Å². The van der Waals surface area contributed by atoms with Crippen LogP contribution in [0.1, 0.15) is 37.3 Å². The highest BCUT2D eigenvalue weighted by molar-refractivity contribution is 6.00. The minimum atomic E-state index is -4.68. The molecule has 4 fully saturated rings. The van der Waals surface area contributed by atoms with E-state index >= 15 is 0 Å². The number of nitrogens with zero attached hydrogens (tertiary/aromatic N) is 2. The number of alkyl halides is 3. The van der Waals surface area contributed by atoms with Crippen molar-refractivity contribution in [1.29, 1.82) is 5.26 Å². The molecular weight excluding hydrogens is 361 g/mol. The Kier molecular flexibility index (Phi) is 3.17. The Balaban J connectivity index is 1.62. The molecule has 0 radical (unpaired) electrons. The number of rotatable bonds is 1. The summed E-state index contributed by atoms with van der Waals surface area (Å²) in [5.74, 6) is -0.849. The summed E-state index contributed by atoms with van der Waals surface area (Å²) < 4.78 is 52.3. The number of anilines is 1. The molecule has 5 unspecified atom stereocenters. The highest BCUT2D eigenvalue weighted by atomic mass is 19.4. The van der Waals surface area contributed by atoms with Crippen LogP contribution in [0.3, 0.4) is 0 Å². The first kappa shape index (κ1) is 17.0. The van der Waals surface area contributed by atoms with Gasteiger partial charge in [0.05, 0.1) is 40.9 Å². The van der Waals surface area contributed by atoms with Crippen molar-refractivity contribution in [2.75, 3.05) is 11.5 Å². The van der Waals surface area contributed by atoms with Crippen LogP contribution in [-0.2, 0) is 20.4 Å². The molecule has 1 spiro atoms. The Labute approximate surface area is 153 Å². The number of benzene rings is 1. The first-order valence-electron chi connectivity index (χ1n) is 8.96. The smallest absolute Gasteiger partial charge is 0.367 e. The third kappa shape index (κ3) is 2.04. The van der Waals surface area contributed by atoms with Gasteiger partial charge in [0.1, 0.15) is 6.23 Å². The number of nitriles is 1. The van der Waals surface area contributed by atoms with Gasteiger partial charge in [0, 0.05) is 18.0 Å². The third-order valence-corrected chi connectivity index (χ3v) is 6.69. The Morgan fingerprint density at radius 1 is 1.30 bits per heavy atom. The number of fused-ring (bicyclic) bond motifs is 2. The molecule has 4 heterocycles. The van der Waals surface area contributed by atoms with Crippen LogP contribution < -0.4 is 4.90 Å². The van der Waals surface area contributed by atoms with E-state index in [1.165, 1.54) is 11.0 Å². The first-order valence-corrected chi connectivity index (χ1v) is 8.96. The van der Waals surface area contributed by atoms with Gasteiger partial charge in [0.15, 0.2) is 0 Å². The third-order valence-electron chi connectivity index (χ3n) is 6.69. The van der Waals surface area contributed by atoms with Crippen molar-refractivity contribution in [2.24, 2.45) is 11.8 Å². The second-order valence-electron chi connectivity index (χ2n) is 8.04. The first-order chi connectivity index (χ1) is 12.7. The fraction of sp³-hybridized carbons (Fsp3) is 0.579. The molecule has 5 nitrogen and oxygen atoms in total. The predicted molar refractivity (Wildman–Crippen MR) is 86.4 cm³/mol. The van der Waals surface area contributed by atoms with Crippen molar-refractivity contribution in [2.45, 2.75) is 49.8 Å². The molecule has 27 heavy (non-hydrogen) atoms. The zero-order valence-corrected chi connectivity index (χ0v) is 14.5. The number of ether oxygens (including phenoxy) is 2. The van der Waals surface area contributed by atoms with Crippen molar-refractivity contribution in [3.63, 3.8) is 0 Å². The van der Waals surface area contributed by atoms with Crippen LogP contribution in [0.15, 0.2) is 18.2 Å². The van der Waals surface area contributed by atoms with Gasteiger partial charge in [-0.05, 0) is 38.0 Å². The minimum absolute atomic E-state index is 0.116. The second-order valence-corrected chi connectivity index (χ2v) is 8.04. The van der Waals surface area contributed by atoms with E-state index < -0.39 is 40.7 Å². The van der Waals surface area contributed by atoms with E-state index in [9.17, 15) is 18.0 Å². The lowest BCUT2D eigenvalue weighted by Crippen LogP contribution is -2.51. The van der Waals surface area contributed by atoms with Crippen molar-refractivity contribution in [3.05, 3.63) is 29.3 Å². The molecule has 142 valence electrons. The lowest BCUT2D eigenvalue weighted by Gasteiger charge is -2.41. The summed E-state index contributed by atoms with van der Waals surface area (Å²) in [5.41, 5.74) is -2.41. The maximum atomic E-state index is 13.4. The number of hydrogen-bond donors (Lipinski definition) is 0. The number of carbonyl (C=O) groups excluding carboxylic acids is 1. The molecule has 2 bridgehead atoms. The highest BCUT2D eigenvalue weighted by Crippen LogP contribution is 2.65. The molecule has 5 rings (SSSR count). The quantitative estimate of drug-likeness (QED) is 0.753. The van der Waals surface area contributed by atoms with E-state index in [2.05, 4.69) is 0 Å². The van der Waals surface area contributed by atoms with Crippen molar-refractivity contribution in [3.8, 4) is 6.07 Å². The van der Waals surface area contributed by atoms with E-state index in [1.807, 2.05) is 6.92 Å². The molecular formula is C19H17F3N2O3. The summed E-state index contributed by atoms with van der Waals surface area (Å²) in [6.45, 7) is 2.32. The molecule has 5 atom stereocenters. The molecule has 1 aromatic rings. The van der Waals surface area contributed by atoms with Crippen molar-refractivity contribution >= 4 is 11.6 Å². The average molecular weight is 378 g/mol. The fourth-order valence-corrected chi connectivity index (χ4v) is 5.60. The molecule has 0 saturated carbocycles. The average Bonchev–Trinajstić information content (AvgIpc) is 3.20. The Morgan fingerprint density at radius 3 is 2.78 bits per heavy atom. The Hall–Kier alpha value is -2.11. The normalized spacial score (nSPS) is 39.6. The molecule has 1 aromatic carbocycles. The molecule has 0 N–H and O–H groups in total. The lowest BCUT2D eigenvalue weighted by atomic mass is 9.66. The van der Waals surface area contributed by atoms with E-state index in [-0.39, 0.29) is 17.5 Å². The molecule has 4 aliphatic heterocycles. The standard InChI is InChI=1S/C19H17F3N2O3/c1-17-4-5-18(27-17)6-7-26-16-14(18)13(17)15(25)24(16)11-3-2-10(9-23)12(8-11)19(20,21)22/h2-3,8,13-14,16H,4-7H2,1H3. The van der Waals surface area contributed by atoms with Crippen LogP contribution in [0.2, 0.25) is 0 Å². The van der Waals surface area contributed by atoms with Crippen molar-refractivity contribution in [1.82, 2.24) is 0 Å². The summed E-state index contributed by atoms with van der Waals surface area (Å²) in [4.78, 5) is 14.6. The summed E-state index contributed by atoms with van der Waals surface area (Å²) >= 11 is 0. The topological polar surface area (TPSA) is 62.6 Å². The van der Waals surface area contributed by atoms with E-state index in [0.717, 1.165) is 25.0 Å². The van der Waals surface area contributed by atoms with Gasteiger partial charge in [-0.2, -0.15) is 18.4 Å². The minimum Gasteiger partial charge on any atom is -0.367 e. The largest absolute Gasteiger partial charge is 0.417 e. The summed E-state index contributed by atoms with van der Waals surface area (Å²) in [5, 5.41) is 9.00. The van der Waals surface area contributed by atoms with Gasteiger partial charge in [-0.1, -0.05) is 0 Å². The van der Waals surface area contributed by atoms with Gasteiger partial charge >= 0.3 is 6.18 Å². The molecule has 0 aliphatic carbocycles. The van der Waals surface area contributed by atoms with Crippen LogP contribution in [0.5, 0.6) is 0 Å². The number of amides is 1.